The third-order valence-electron chi connectivity index (χ3n) is 3.44. The molecule has 1 unspecified atom stereocenters. The topological polar surface area (TPSA) is 90.7 Å². The van der Waals surface area contributed by atoms with Crippen LogP contribution in [-0.4, -0.2) is 24.5 Å². The molecule has 6 heteroatoms. The Bertz CT molecular complexity index is 703. The van der Waals surface area contributed by atoms with Gasteiger partial charge in [0.15, 0.2) is 12.7 Å². The summed E-state index contributed by atoms with van der Waals surface area (Å²) in [5.41, 5.74) is 6.66. The summed E-state index contributed by atoms with van der Waals surface area (Å²) in [5.74, 6) is 0.515. The van der Waals surface area contributed by atoms with Crippen molar-refractivity contribution < 1.29 is 19.1 Å². The number of carbonyl (C=O) groups is 2. The SMILES string of the molecule is NC(=O)COc1ccc(NC(=O)C2Cc3ccccc3O2)cc1. The third kappa shape index (κ3) is 3.60. The van der Waals surface area contributed by atoms with E-state index < -0.39 is 12.0 Å². The van der Waals surface area contributed by atoms with E-state index in [1.165, 1.54) is 0 Å². The number of rotatable bonds is 5. The second kappa shape index (κ2) is 6.39. The first kappa shape index (κ1) is 14.9. The van der Waals surface area contributed by atoms with Gasteiger partial charge in [-0.3, -0.25) is 9.59 Å². The second-order valence-electron chi connectivity index (χ2n) is 5.19. The zero-order valence-electron chi connectivity index (χ0n) is 12.3. The van der Waals surface area contributed by atoms with E-state index in [0.29, 0.717) is 17.9 Å². The van der Waals surface area contributed by atoms with Crippen molar-refractivity contribution in [2.24, 2.45) is 5.73 Å². The number of ether oxygens (including phenoxy) is 2. The van der Waals surface area contributed by atoms with Crippen LogP contribution in [0.15, 0.2) is 48.5 Å². The number of nitrogens with two attached hydrogens (primary N) is 1. The maximum atomic E-state index is 12.3. The van der Waals surface area contributed by atoms with Gasteiger partial charge >= 0.3 is 0 Å². The highest BCUT2D eigenvalue weighted by atomic mass is 16.5. The minimum Gasteiger partial charge on any atom is -0.484 e. The van der Waals surface area contributed by atoms with E-state index in [4.69, 9.17) is 15.2 Å². The molecule has 0 spiro atoms. The van der Waals surface area contributed by atoms with Crippen LogP contribution in [0.4, 0.5) is 5.69 Å². The van der Waals surface area contributed by atoms with Crippen molar-refractivity contribution in [1.29, 1.82) is 0 Å². The van der Waals surface area contributed by atoms with Crippen LogP contribution in [0.5, 0.6) is 11.5 Å². The smallest absolute Gasteiger partial charge is 0.265 e. The lowest BCUT2D eigenvalue weighted by Gasteiger charge is -2.12. The van der Waals surface area contributed by atoms with Crippen LogP contribution in [0.1, 0.15) is 5.56 Å². The van der Waals surface area contributed by atoms with Gasteiger partial charge in [0.1, 0.15) is 11.5 Å². The maximum Gasteiger partial charge on any atom is 0.265 e. The molecule has 6 nitrogen and oxygen atoms in total. The van der Waals surface area contributed by atoms with Crippen LogP contribution < -0.4 is 20.5 Å². The molecule has 1 atom stereocenters. The number of carbonyl (C=O) groups excluding carboxylic acids is 2. The van der Waals surface area contributed by atoms with Crippen molar-refractivity contribution in [3.8, 4) is 11.5 Å². The number of anilines is 1. The first-order valence-electron chi connectivity index (χ1n) is 7.18. The maximum absolute atomic E-state index is 12.3. The van der Waals surface area contributed by atoms with Crippen LogP contribution in [-0.2, 0) is 16.0 Å². The highest BCUT2D eigenvalue weighted by Gasteiger charge is 2.28. The number of para-hydroxylation sites is 1. The lowest BCUT2D eigenvalue weighted by molar-refractivity contribution is -0.122. The fourth-order valence-electron chi connectivity index (χ4n) is 2.34. The normalized spacial score (nSPS) is 15.4. The quantitative estimate of drug-likeness (QED) is 0.875. The van der Waals surface area contributed by atoms with Crippen molar-refractivity contribution in [2.45, 2.75) is 12.5 Å². The van der Waals surface area contributed by atoms with E-state index in [2.05, 4.69) is 5.32 Å². The number of primary amides is 1. The number of fused-ring (bicyclic) bond motifs is 1. The molecule has 0 bridgehead atoms. The van der Waals surface area contributed by atoms with Crippen molar-refractivity contribution in [1.82, 2.24) is 0 Å². The molecule has 0 fully saturated rings. The fraction of sp³-hybridized carbons (Fsp3) is 0.176. The highest BCUT2D eigenvalue weighted by Crippen LogP contribution is 2.28. The summed E-state index contributed by atoms with van der Waals surface area (Å²) >= 11 is 0. The Balaban J connectivity index is 1.57. The Morgan fingerprint density at radius 1 is 1.17 bits per heavy atom. The second-order valence-corrected chi connectivity index (χ2v) is 5.19. The first-order valence-corrected chi connectivity index (χ1v) is 7.18. The van der Waals surface area contributed by atoms with E-state index in [1.807, 2.05) is 24.3 Å². The van der Waals surface area contributed by atoms with E-state index in [1.54, 1.807) is 24.3 Å². The molecule has 0 saturated heterocycles. The highest BCUT2D eigenvalue weighted by molar-refractivity contribution is 5.95. The zero-order chi connectivity index (χ0) is 16.2. The molecule has 1 aliphatic rings. The van der Waals surface area contributed by atoms with Gasteiger partial charge in [0.05, 0.1) is 0 Å². The summed E-state index contributed by atoms with van der Waals surface area (Å²) in [6.45, 7) is -0.181. The molecule has 0 saturated carbocycles. The van der Waals surface area contributed by atoms with Crippen LogP contribution in [0.3, 0.4) is 0 Å². The summed E-state index contributed by atoms with van der Waals surface area (Å²) in [5, 5.41) is 2.80. The fourth-order valence-corrected chi connectivity index (χ4v) is 2.34. The molecule has 0 aromatic heterocycles. The predicted octanol–water partition coefficient (Wildman–Crippen LogP) is 1.49. The lowest BCUT2D eigenvalue weighted by Crippen LogP contribution is -2.31. The van der Waals surface area contributed by atoms with Gasteiger partial charge in [0.2, 0.25) is 0 Å². The largest absolute Gasteiger partial charge is 0.484 e. The van der Waals surface area contributed by atoms with Gasteiger partial charge in [-0.25, -0.2) is 0 Å². The number of hydrogen-bond donors (Lipinski definition) is 2. The van der Waals surface area contributed by atoms with Gasteiger partial charge in [-0.2, -0.15) is 0 Å². The molecule has 0 radical (unpaired) electrons. The molecule has 2 aromatic rings. The Labute approximate surface area is 133 Å². The first-order chi connectivity index (χ1) is 11.1. The molecule has 23 heavy (non-hydrogen) atoms. The van der Waals surface area contributed by atoms with E-state index in [-0.39, 0.29) is 12.5 Å². The average Bonchev–Trinajstić information content (AvgIpc) is 2.98. The lowest BCUT2D eigenvalue weighted by atomic mass is 10.1. The van der Waals surface area contributed by atoms with Crippen molar-refractivity contribution in [3.63, 3.8) is 0 Å². The number of hydrogen-bond acceptors (Lipinski definition) is 4. The number of amides is 2. The van der Waals surface area contributed by atoms with Crippen molar-refractivity contribution >= 4 is 17.5 Å². The van der Waals surface area contributed by atoms with Crippen LogP contribution in [0.2, 0.25) is 0 Å². The van der Waals surface area contributed by atoms with Gasteiger partial charge in [0, 0.05) is 12.1 Å². The molecule has 1 aliphatic heterocycles. The molecule has 2 amide bonds. The van der Waals surface area contributed by atoms with Crippen LogP contribution >= 0.6 is 0 Å². The monoisotopic (exact) mass is 312 g/mol. The predicted molar refractivity (Wildman–Crippen MR) is 84.3 cm³/mol. The van der Waals surface area contributed by atoms with Gasteiger partial charge < -0.3 is 20.5 Å². The van der Waals surface area contributed by atoms with Crippen molar-refractivity contribution in [3.05, 3.63) is 54.1 Å². The Kier molecular flexibility index (Phi) is 4.14. The van der Waals surface area contributed by atoms with Crippen molar-refractivity contribution in [2.75, 3.05) is 11.9 Å². The standard InChI is InChI=1S/C17H16N2O4/c18-16(20)10-22-13-7-5-12(6-8-13)19-17(21)15-9-11-3-1-2-4-14(11)23-15/h1-8,15H,9-10H2,(H2,18,20)(H,19,21). The van der Waals surface area contributed by atoms with Gasteiger partial charge in [0.25, 0.3) is 11.8 Å². The number of nitrogens with one attached hydrogen (secondary N) is 1. The molecule has 118 valence electrons. The minimum atomic E-state index is -0.541. The average molecular weight is 312 g/mol. The van der Waals surface area contributed by atoms with Gasteiger partial charge in [-0.15, -0.1) is 0 Å². The van der Waals surface area contributed by atoms with Crippen LogP contribution in [0, 0.1) is 0 Å². The van der Waals surface area contributed by atoms with Crippen LogP contribution in [0.25, 0.3) is 0 Å². The van der Waals surface area contributed by atoms with Gasteiger partial charge in [-0.05, 0) is 35.9 Å². The Morgan fingerprint density at radius 3 is 2.61 bits per heavy atom. The summed E-state index contributed by atoms with van der Waals surface area (Å²) in [7, 11) is 0. The minimum absolute atomic E-state index is 0.181. The molecular weight excluding hydrogens is 296 g/mol. The molecule has 3 rings (SSSR count). The Morgan fingerprint density at radius 2 is 1.91 bits per heavy atom. The summed E-state index contributed by atoms with van der Waals surface area (Å²) in [6.07, 6.45) is 0.0279. The summed E-state index contributed by atoms with van der Waals surface area (Å²) in [6, 6.07) is 14.3. The molecular formula is C17H16N2O4. The molecule has 1 heterocycles. The van der Waals surface area contributed by atoms with E-state index >= 15 is 0 Å². The van der Waals surface area contributed by atoms with Gasteiger partial charge in [-0.1, -0.05) is 18.2 Å². The Hall–Kier alpha value is -3.02. The molecule has 0 aliphatic carbocycles. The van der Waals surface area contributed by atoms with E-state index in [9.17, 15) is 9.59 Å². The zero-order valence-corrected chi connectivity index (χ0v) is 12.3. The summed E-state index contributed by atoms with van der Waals surface area (Å²) < 4.78 is 10.8. The molecule has 3 N–H and O–H groups in total. The summed E-state index contributed by atoms with van der Waals surface area (Å²) in [4.78, 5) is 22.9. The number of benzene rings is 2. The van der Waals surface area contributed by atoms with E-state index in [0.717, 1.165) is 11.3 Å². The third-order valence-corrected chi connectivity index (χ3v) is 3.44. The molecule has 2 aromatic carbocycles.